The Hall–Kier alpha value is -1.22. The zero-order chi connectivity index (χ0) is 14.0. The summed E-state index contributed by atoms with van der Waals surface area (Å²) in [5.74, 6) is 0. The van der Waals surface area contributed by atoms with Crippen molar-refractivity contribution in [3.05, 3.63) is 33.3 Å². The van der Waals surface area contributed by atoms with Crippen molar-refractivity contribution in [1.82, 2.24) is 4.31 Å². The SMILES string of the molecule is O=[N+]([O-])c1cccc(Cl)c1S(=O)(=O)N1CCOCC1. The minimum atomic E-state index is -3.99. The maximum absolute atomic E-state index is 12.4. The highest BCUT2D eigenvalue weighted by molar-refractivity contribution is 7.89. The molecule has 0 aliphatic carbocycles. The number of nitro benzene ring substituents is 1. The Labute approximate surface area is 114 Å². The normalized spacial score (nSPS) is 17.3. The van der Waals surface area contributed by atoms with Crippen LogP contribution in [0, 0.1) is 10.1 Å². The van der Waals surface area contributed by atoms with Gasteiger partial charge in [-0.2, -0.15) is 4.31 Å². The summed E-state index contributed by atoms with van der Waals surface area (Å²) in [6.07, 6.45) is 0. The van der Waals surface area contributed by atoms with E-state index in [2.05, 4.69) is 0 Å². The van der Waals surface area contributed by atoms with Gasteiger partial charge in [-0.1, -0.05) is 17.7 Å². The van der Waals surface area contributed by atoms with Gasteiger partial charge in [0.15, 0.2) is 4.90 Å². The number of nitro groups is 1. The Morgan fingerprint density at radius 2 is 1.95 bits per heavy atom. The summed E-state index contributed by atoms with van der Waals surface area (Å²) >= 11 is 5.84. The quantitative estimate of drug-likeness (QED) is 0.619. The smallest absolute Gasteiger partial charge is 0.290 e. The summed E-state index contributed by atoms with van der Waals surface area (Å²) in [5, 5.41) is 10.8. The molecule has 0 spiro atoms. The van der Waals surface area contributed by atoms with Gasteiger partial charge in [-0.05, 0) is 6.07 Å². The van der Waals surface area contributed by atoms with Crippen LogP contribution in [0.1, 0.15) is 0 Å². The van der Waals surface area contributed by atoms with Crippen LogP contribution in [-0.4, -0.2) is 43.9 Å². The maximum atomic E-state index is 12.4. The molecule has 1 fully saturated rings. The topological polar surface area (TPSA) is 89.8 Å². The van der Waals surface area contributed by atoms with E-state index in [0.717, 1.165) is 10.4 Å². The zero-order valence-electron chi connectivity index (χ0n) is 9.78. The Kier molecular flexibility index (Phi) is 4.04. The van der Waals surface area contributed by atoms with Gasteiger partial charge in [0.1, 0.15) is 0 Å². The average molecular weight is 307 g/mol. The van der Waals surface area contributed by atoms with Crippen LogP contribution in [0.15, 0.2) is 23.1 Å². The monoisotopic (exact) mass is 306 g/mol. The summed E-state index contributed by atoms with van der Waals surface area (Å²) in [7, 11) is -3.99. The molecule has 0 radical (unpaired) electrons. The lowest BCUT2D eigenvalue weighted by molar-refractivity contribution is -0.387. The molecule has 1 aliphatic rings. The molecule has 19 heavy (non-hydrogen) atoms. The van der Waals surface area contributed by atoms with E-state index in [1.54, 1.807) is 0 Å². The van der Waals surface area contributed by atoms with Crippen LogP contribution < -0.4 is 0 Å². The molecule has 0 amide bonds. The molecule has 0 atom stereocenters. The van der Waals surface area contributed by atoms with Gasteiger partial charge in [0.25, 0.3) is 15.7 Å². The van der Waals surface area contributed by atoms with Crippen molar-refractivity contribution >= 4 is 27.3 Å². The van der Waals surface area contributed by atoms with E-state index in [-0.39, 0.29) is 31.3 Å². The standard InChI is InChI=1S/C10H11ClN2O5S/c11-8-2-1-3-9(13(14)15)10(8)19(16,17)12-4-6-18-7-5-12/h1-3H,4-7H2. The van der Waals surface area contributed by atoms with E-state index >= 15 is 0 Å². The van der Waals surface area contributed by atoms with Gasteiger partial charge in [0, 0.05) is 19.2 Å². The number of rotatable bonds is 3. The van der Waals surface area contributed by atoms with Crippen molar-refractivity contribution < 1.29 is 18.1 Å². The third kappa shape index (κ3) is 2.71. The van der Waals surface area contributed by atoms with E-state index in [0.29, 0.717) is 0 Å². The van der Waals surface area contributed by atoms with Crippen LogP contribution in [0.25, 0.3) is 0 Å². The molecule has 1 heterocycles. The number of hydrogen-bond donors (Lipinski definition) is 0. The van der Waals surface area contributed by atoms with Crippen LogP contribution in [0.3, 0.4) is 0 Å². The van der Waals surface area contributed by atoms with E-state index < -0.39 is 25.5 Å². The second-order valence-corrected chi connectivity index (χ2v) is 6.14. The number of benzene rings is 1. The first-order chi connectivity index (χ1) is 8.94. The number of sulfonamides is 1. The Morgan fingerprint density at radius 1 is 1.32 bits per heavy atom. The predicted octanol–water partition coefficient (Wildman–Crippen LogP) is 1.27. The van der Waals surface area contributed by atoms with Gasteiger partial charge >= 0.3 is 0 Å². The van der Waals surface area contributed by atoms with Gasteiger partial charge in [-0.15, -0.1) is 0 Å². The molecule has 1 aromatic rings. The lowest BCUT2D eigenvalue weighted by Crippen LogP contribution is -2.40. The minimum absolute atomic E-state index is 0.152. The Balaban J connectivity index is 2.53. The molecule has 0 unspecified atom stereocenters. The molecule has 7 nitrogen and oxygen atoms in total. The van der Waals surface area contributed by atoms with E-state index in [9.17, 15) is 18.5 Å². The molecule has 0 bridgehead atoms. The lowest BCUT2D eigenvalue weighted by atomic mass is 10.3. The summed E-state index contributed by atoms with van der Waals surface area (Å²) in [6.45, 7) is 0.838. The Morgan fingerprint density at radius 3 is 2.53 bits per heavy atom. The van der Waals surface area contributed by atoms with Crippen LogP contribution in [0.2, 0.25) is 5.02 Å². The first kappa shape index (κ1) is 14.2. The average Bonchev–Trinajstić information content (AvgIpc) is 2.39. The molecule has 0 aromatic heterocycles. The number of morpholine rings is 1. The molecule has 9 heteroatoms. The molecule has 0 N–H and O–H groups in total. The predicted molar refractivity (Wildman–Crippen MR) is 67.7 cm³/mol. The molecule has 0 saturated carbocycles. The second-order valence-electron chi connectivity index (χ2n) is 3.86. The fourth-order valence-corrected chi connectivity index (χ4v) is 3.88. The van der Waals surface area contributed by atoms with Crippen LogP contribution in [0.5, 0.6) is 0 Å². The van der Waals surface area contributed by atoms with Crippen LogP contribution in [-0.2, 0) is 14.8 Å². The summed E-state index contributed by atoms with van der Waals surface area (Å²) in [4.78, 5) is 9.74. The molecule has 1 aliphatic heterocycles. The first-order valence-electron chi connectivity index (χ1n) is 5.45. The molecule has 2 rings (SSSR count). The van der Waals surface area contributed by atoms with Gasteiger partial charge < -0.3 is 4.74 Å². The molecule has 1 aromatic carbocycles. The fraction of sp³-hybridized carbons (Fsp3) is 0.400. The fourth-order valence-electron chi connectivity index (χ4n) is 1.81. The van der Waals surface area contributed by atoms with E-state index in [1.165, 1.54) is 12.1 Å². The molecular weight excluding hydrogens is 296 g/mol. The summed E-state index contributed by atoms with van der Waals surface area (Å²) in [6, 6.07) is 3.79. The Bertz CT molecular complexity index is 598. The highest BCUT2D eigenvalue weighted by atomic mass is 35.5. The van der Waals surface area contributed by atoms with Crippen molar-refractivity contribution in [2.45, 2.75) is 4.90 Å². The number of nitrogens with zero attached hydrogens (tertiary/aromatic N) is 2. The van der Waals surface area contributed by atoms with Crippen molar-refractivity contribution in [2.24, 2.45) is 0 Å². The van der Waals surface area contributed by atoms with Gasteiger partial charge in [-0.25, -0.2) is 8.42 Å². The highest BCUT2D eigenvalue weighted by Crippen LogP contribution is 2.33. The lowest BCUT2D eigenvalue weighted by Gasteiger charge is -2.26. The van der Waals surface area contributed by atoms with Crippen molar-refractivity contribution in [2.75, 3.05) is 26.3 Å². The van der Waals surface area contributed by atoms with Crippen LogP contribution in [0.4, 0.5) is 5.69 Å². The molecule has 1 saturated heterocycles. The summed E-state index contributed by atoms with van der Waals surface area (Å²) < 4.78 is 31.0. The zero-order valence-corrected chi connectivity index (χ0v) is 11.4. The third-order valence-corrected chi connectivity index (χ3v) is 5.13. The first-order valence-corrected chi connectivity index (χ1v) is 7.27. The highest BCUT2D eigenvalue weighted by Gasteiger charge is 2.34. The van der Waals surface area contributed by atoms with Crippen molar-refractivity contribution in [3.8, 4) is 0 Å². The number of ether oxygens (including phenoxy) is 1. The second kappa shape index (κ2) is 5.41. The van der Waals surface area contributed by atoms with Gasteiger partial charge in [-0.3, -0.25) is 10.1 Å². The molecule has 104 valence electrons. The van der Waals surface area contributed by atoms with Crippen LogP contribution >= 0.6 is 11.6 Å². The number of halogens is 1. The minimum Gasteiger partial charge on any atom is -0.379 e. The third-order valence-electron chi connectivity index (χ3n) is 2.71. The van der Waals surface area contributed by atoms with Crippen molar-refractivity contribution in [3.63, 3.8) is 0 Å². The largest absolute Gasteiger partial charge is 0.379 e. The number of hydrogen-bond acceptors (Lipinski definition) is 5. The maximum Gasteiger partial charge on any atom is 0.290 e. The van der Waals surface area contributed by atoms with Crippen molar-refractivity contribution in [1.29, 1.82) is 0 Å². The van der Waals surface area contributed by atoms with E-state index in [1.807, 2.05) is 0 Å². The van der Waals surface area contributed by atoms with Gasteiger partial charge in [0.05, 0.1) is 23.2 Å². The van der Waals surface area contributed by atoms with Gasteiger partial charge in [0.2, 0.25) is 0 Å². The summed E-state index contributed by atoms with van der Waals surface area (Å²) in [5.41, 5.74) is -0.515. The van der Waals surface area contributed by atoms with E-state index in [4.69, 9.17) is 16.3 Å². The molecular formula is C10H11ClN2O5S.